The van der Waals surface area contributed by atoms with Crippen molar-refractivity contribution in [2.75, 3.05) is 0 Å². The van der Waals surface area contributed by atoms with Gasteiger partial charge >= 0.3 is 167 Å². The number of hydrogen-bond donors (Lipinski definition) is 0. The minimum absolute atomic E-state index is 0.0895. The first-order valence-electron chi connectivity index (χ1n) is 7.90. The summed E-state index contributed by atoms with van der Waals surface area (Å²) >= 11 is -3.26. The Balaban J connectivity index is 2.22. The van der Waals surface area contributed by atoms with Crippen molar-refractivity contribution < 1.29 is 14.8 Å². The molecule has 140 valence electrons. The molecule has 0 unspecified atom stereocenters. The summed E-state index contributed by atoms with van der Waals surface area (Å²) in [7, 11) is 0. The number of hydrogen-bond acceptors (Lipinski definition) is 6. The minimum atomic E-state index is -3.26. The zero-order chi connectivity index (χ0) is 20.3. The van der Waals surface area contributed by atoms with Gasteiger partial charge in [0.1, 0.15) is 0 Å². The van der Waals surface area contributed by atoms with Gasteiger partial charge in [0.2, 0.25) is 0 Å². The molecule has 0 fully saturated rings. The molecule has 9 nitrogen and oxygen atoms in total. The third-order valence-corrected chi connectivity index (χ3v) is 13.2. The van der Waals surface area contributed by atoms with Crippen LogP contribution in [0.2, 0.25) is 0 Å². The molecule has 0 radical (unpaired) electrons. The fraction of sp³-hybridized carbons (Fsp3) is 0. The second-order valence-corrected chi connectivity index (χ2v) is 14.3. The second kappa shape index (κ2) is 8.18. The van der Waals surface area contributed by atoms with Crippen molar-refractivity contribution in [2.45, 2.75) is 0 Å². The maximum absolute atomic E-state index is 11.2. The average molecular weight is 575 g/mol. The number of nitro groups is 3. The molecule has 0 aliphatic carbocycles. The van der Waals surface area contributed by atoms with Crippen LogP contribution >= 0.6 is 0 Å². The van der Waals surface area contributed by atoms with E-state index >= 15 is 0 Å². The van der Waals surface area contributed by atoms with Crippen LogP contribution in [0.25, 0.3) is 0 Å². The first kappa shape index (κ1) is 19.5. The van der Waals surface area contributed by atoms with Gasteiger partial charge in [-0.25, -0.2) is 0 Å². The van der Waals surface area contributed by atoms with E-state index in [4.69, 9.17) is 0 Å². The zero-order valence-corrected chi connectivity index (χ0v) is 17.6. The van der Waals surface area contributed by atoms with E-state index in [0.717, 1.165) is 0 Å². The summed E-state index contributed by atoms with van der Waals surface area (Å²) < 4.78 is 2.10. The summed E-state index contributed by atoms with van der Waals surface area (Å²) in [6.07, 6.45) is 0. The Hall–Kier alpha value is -3.26. The van der Waals surface area contributed by atoms with Crippen molar-refractivity contribution in [1.82, 2.24) is 0 Å². The summed E-state index contributed by atoms with van der Waals surface area (Å²) in [5.41, 5.74) is -0.268. The van der Waals surface area contributed by atoms with Gasteiger partial charge in [0, 0.05) is 0 Å². The Morgan fingerprint density at radius 2 is 0.821 bits per heavy atom. The summed E-state index contributed by atoms with van der Waals surface area (Å²) in [6.45, 7) is 0. The molecular formula is C18H12BiN3O6. The number of non-ortho nitro benzene ring substituents is 3. The van der Waals surface area contributed by atoms with Gasteiger partial charge in [0.25, 0.3) is 0 Å². The van der Waals surface area contributed by atoms with Crippen molar-refractivity contribution in [3.63, 3.8) is 0 Å². The fourth-order valence-corrected chi connectivity index (χ4v) is 12.0. The van der Waals surface area contributed by atoms with Crippen molar-refractivity contribution in [3.05, 3.63) is 103 Å². The van der Waals surface area contributed by atoms with E-state index in [1.807, 2.05) is 0 Å². The number of nitrogens with zero attached hydrogens (tertiary/aromatic N) is 3. The summed E-state index contributed by atoms with van der Waals surface area (Å²) in [5, 5.41) is 33.6. The number of benzene rings is 3. The van der Waals surface area contributed by atoms with Gasteiger partial charge < -0.3 is 0 Å². The predicted octanol–water partition coefficient (Wildman–Crippen LogP) is 1.93. The van der Waals surface area contributed by atoms with E-state index in [-0.39, 0.29) is 17.1 Å². The second-order valence-electron chi connectivity index (χ2n) is 5.67. The molecular weight excluding hydrogens is 563 g/mol. The summed E-state index contributed by atoms with van der Waals surface area (Å²) in [5.74, 6) is 0. The van der Waals surface area contributed by atoms with Crippen LogP contribution in [0.15, 0.2) is 72.8 Å². The van der Waals surface area contributed by atoms with Crippen LogP contribution in [0.5, 0.6) is 0 Å². The van der Waals surface area contributed by atoms with Crippen molar-refractivity contribution in [2.24, 2.45) is 0 Å². The van der Waals surface area contributed by atoms with E-state index in [2.05, 4.69) is 0 Å². The third kappa shape index (κ3) is 4.18. The van der Waals surface area contributed by atoms with Gasteiger partial charge in [-0.3, -0.25) is 0 Å². The van der Waals surface area contributed by atoms with Crippen LogP contribution in [0.1, 0.15) is 0 Å². The van der Waals surface area contributed by atoms with Crippen LogP contribution < -0.4 is 9.81 Å². The number of rotatable bonds is 6. The molecule has 0 amide bonds. The van der Waals surface area contributed by atoms with Gasteiger partial charge in [-0.15, -0.1) is 0 Å². The van der Waals surface area contributed by atoms with E-state index in [1.165, 1.54) is 36.4 Å². The van der Waals surface area contributed by atoms with Crippen LogP contribution in [0.3, 0.4) is 0 Å². The SMILES string of the molecule is O=[N+]([O-])c1ccc[c]([Bi]([c]2cccc([N+](=O)[O-])c2)[c]2cccc([N+](=O)[O-])c2)c1. The summed E-state index contributed by atoms with van der Waals surface area (Å²) in [6, 6.07) is 18.4. The molecule has 3 rings (SSSR count). The van der Waals surface area contributed by atoms with E-state index in [9.17, 15) is 30.3 Å². The Morgan fingerprint density at radius 3 is 1.07 bits per heavy atom. The van der Waals surface area contributed by atoms with E-state index in [1.54, 1.807) is 36.4 Å². The topological polar surface area (TPSA) is 129 Å². The van der Waals surface area contributed by atoms with Crippen LogP contribution in [0.4, 0.5) is 17.1 Å². The number of nitro benzene ring substituents is 3. The first-order chi connectivity index (χ1) is 13.4. The Labute approximate surface area is 166 Å². The van der Waals surface area contributed by atoms with Gasteiger partial charge in [0.05, 0.1) is 0 Å². The van der Waals surface area contributed by atoms with Crippen LogP contribution in [0, 0.1) is 30.3 Å². The van der Waals surface area contributed by atoms with Gasteiger partial charge in [-0.1, -0.05) is 0 Å². The molecule has 3 aromatic rings. The molecule has 0 atom stereocenters. The maximum atomic E-state index is 11.2. The third-order valence-electron chi connectivity index (χ3n) is 3.90. The molecule has 3 aromatic carbocycles. The van der Waals surface area contributed by atoms with Crippen molar-refractivity contribution >= 4 is 48.6 Å². The molecule has 0 heterocycles. The van der Waals surface area contributed by atoms with E-state index < -0.39 is 36.5 Å². The molecule has 0 aromatic heterocycles. The average Bonchev–Trinajstić information content (AvgIpc) is 2.69. The van der Waals surface area contributed by atoms with Crippen molar-refractivity contribution in [1.29, 1.82) is 0 Å². The molecule has 0 bridgehead atoms. The molecule has 0 aliphatic rings. The van der Waals surface area contributed by atoms with Gasteiger partial charge in [0.15, 0.2) is 0 Å². The Morgan fingerprint density at radius 1 is 0.536 bits per heavy atom. The fourth-order valence-electron chi connectivity index (χ4n) is 2.68. The zero-order valence-electron chi connectivity index (χ0n) is 14.2. The Bertz CT molecular complexity index is 951. The van der Waals surface area contributed by atoms with Crippen molar-refractivity contribution in [3.8, 4) is 0 Å². The monoisotopic (exact) mass is 575 g/mol. The molecule has 0 N–H and O–H groups in total. The standard InChI is InChI=1S/3C6H4NO2.Bi/c3*8-7(9)6-4-2-1-3-5-6;/h3*1-2,4-5H;. The molecule has 0 aliphatic heterocycles. The predicted molar refractivity (Wildman–Crippen MR) is 104 cm³/mol. The molecule has 28 heavy (non-hydrogen) atoms. The molecule has 0 saturated heterocycles. The quantitative estimate of drug-likeness (QED) is 0.251. The normalized spacial score (nSPS) is 10.6. The van der Waals surface area contributed by atoms with E-state index in [0.29, 0.717) is 9.81 Å². The Kier molecular flexibility index (Phi) is 5.70. The van der Waals surface area contributed by atoms with Gasteiger partial charge in [-0.05, 0) is 0 Å². The molecule has 0 saturated carbocycles. The van der Waals surface area contributed by atoms with Gasteiger partial charge in [-0.2, -0.15) is 0 Å². The first-order valence-corrected chi connectivity index (χ1v) is 13.1. The summed E-state index contributed by atoms with van der Waals surface area (Å²) in [4.78, 5) is 32.0. The van der Waals surface area contributed by atoms with Crippen LogP contribution in [-0.2, 0) is 0 Å². The molecule has 0 spiro atoms. The molecule has 10 heteroatoms. The van der Waals surface area contributed by atoms with Crippen LogP contribution in [-0.4, -0.2) is 36.5 Å².